The Morgan fingerprint density at radius 2 is 1.76 bits per heavy atom. The summed E-state index contributed by atoms with van der Waals surface area (Å²) < 4.78 is 0. The Morgan fingerprint density at radius 1 is 1.06 bits per heavy atom. The zero-order valence-electron chi connectivity index (χ0n) is 11.6. The summed E-state index contributed by atoms with van der Waals surface area (Å²) in [7, 11) is -0.840. The predicted octanol–water partition coefficient (Wildman–Crippen LogP) is 4.56. The van der Waals surface area contributed by atoms with E-state index in [1.807, 2.05) is 0 Å². The lowest BCUT2D eigenvalue weighted by molar-refractivity contribution is 0.284. The number of hydrogen-bond donors (Lipinski definition) is 0. The summed E-state index contributed by atoms with van der Waals surface area (Å²) in [5.74, 6) is 5.43. The highest BCUT2D eigenvalue weighted by atomic mass is 28.3. The second kappa shape index (κ2) is 3.10. The summed E-state index contributed by atoms with van der Waals surface area (Å²) in [5.41, 5.74) is 0.816. The molecule has 3 fully saturated rings. The van der Waals surface area contributed by atoms with Crippen LogP contribution in [0.3, 0.4) is 0 Å². The highest BCUT2D eigenvalue weighted by molar-refractivity contribution is 6.76. The van der Waals surface area contributed by atoms with Gasteiger partial charge in [-0.15, -0.1) is 0 Å². The van der Waals surface area contributed by atoms with Gasteiger partial charge in [0.05, 0.1) is 0 Å². The van der Waals surface area contributed by atoms with E-state index < -0.39 is 8.07 Å². The third-order valence-corrected chi connectivity index (χ3v) is 8.27. The van der Waals surface area contributed by atoms with Crippen LogP contribution in [0, 0.1) is 35.0 Å². The van der Waals surface area contributed by atoms with Gasteiger partial charge in [0.1, 0.15) is 0 Å². The van der Waals surface area contributed by atoms with Crippen molar-refractivity contribution in [2.45, 2.75) is 51.4 Å². The molecule has 94 valence electrons. The van der Waals surface area contributed by atoms with Crippen molar-refractivity contribution < 1.29 is 0 Å². The van der Waals surface area contributed by atoms with Crippen LogP contribution in [0.25, 0.3) is 0 Å². The number of allylic oxidation sites excluding steroid dienone is 2. The molecule has 0 aromatic carbocycles. The SMILES string of the molecule is C[Si](C)(C)CC[C@@]12C3C=CC1C2C1CCCC13. The van der Waals surface area contributed by atoms with Gasteiger partial charge in [0.25, 0.3) is 0 Å². The van der Waals surface area contributed by atoms with Crippen LogP contribution in [0.4, 0.5) is 0 Å². The quantitative estimate of drug-likeness (QED) is 0.506. The molecule has 0 spiro atoms. The van der Waals surface area contributed by atoms with Gasteiger partial charge in [0.15, 0.2) is 0 Å². The van der Waals surface area contributed by atoms with E-state index in [4.69, 9.17) is 0 Å². The molecule has 0 N–H and O–H groups in total. The first-order valence-corrected chi connectivity index (χ1v) is 11.4. The topological polar surface area (TPSA) is 0 Å². The third kappa shape index (κ3) is 1.25. The Bertz CT molecular complexity index is 377. The maximum Gasteiger partial charge on any atom is 0.0442 e. The van der Waals surface area contributed by atoms with Gasteiger partial charge in [-0.2, -0.15) is 0 Å². The van der Waals surface area contributed by atoms with E-state index in [9.17, 15) is 0 Å². The molecule has 0 radical (unpaired) electrons. The van der Waals surface area contributed by atoms with Gasteiger partial charge in [-0.3, -0.25) is 0 Å². The van der Waals surface area contributed by atoms with Gasteiger partial charge in [0.2, 0.25) is 0 Å². The Kier molecular flexibility index (Phi) is 1.97. The molecule has 0 aliphatic heterocycles. The lowest BCUT2D eigenvalue weighted by atomic mass is 9.81. The molecule has 4 rings (SSSR count). The molecule has 0 aromatic heterocycles. The van der Waals surface area contributed by atoms with E-state index in [0.29, 0.717) is 0 Å². The van der Waals surface area contributed by atoms with Crippen molar-refractivity contribution in [3.63, 3.8) is 0 Å². The van der Waals surface area contributed by atoms with Crippen molar-refractivity contribution in [2.24, 2.45) is 35.0 Å². The van der Waals surface area contributed by atoms with Crippen molar-refractivity contribution in [3.05, 3.63) is 12.2 Å². The van der Waals surface area contributed by atoms with E-state index in [-0.39, 0.29) is 0 Å². The first-order valence-electron chi connectivity index (χ1n) is 7.72. The molecular formula is C16H26Si. The van der Waals surface area contributed by atoms with Crippen LogP contribution < -0.4 is 0 Å². The fraction of sp³-hybridized carbons (Fsp3) is 0.875. The van der Waals surface area contributed by atoms with Crippen molar-refractivity contribution in [2.75, 3.05) is 0 Å². The van der Waals surface area contributed by atoms with E-state index in [1.54, 1.807) is 25.3 Å². The smallest absolute Gasteiger partial charge is 0.0442 e. The molecule has 6 atom stereocenters. The van der Waals surface area contributed by atoms with Crippen LogP contribution >= 0.6 is 0 Å². The molecule has 0 heterocycles. The van der Waals surface area contributed by atoms with E-state index in [0.717, 1.165) is 35.0 Å². The highest BCUT2D eigenvalue weighted by Crippen LogP contribution is 2.82. The summed E-state index contributed by atoms with van der Waals surface area (Å²) in [5, 5.41) is 0. The van der Waals surface area contributed by atoms with Crippen LogP contribution in [0.1, 0.15) is 25.7 Å². The van der Waals surface area contributed by atoms with Crippen LogP contribution in [-0.4, -0.2) is 8.07 Å². The highest BCUT2D eigenvalue weighted by Gasteiger charge is 2.77. The second-order valence-corrected chi connectivity index (χ2v) is 14.0. The predicted molar refractivity (Wildman–Crippen MR) is 75.6 cm³/mol. The molecule has 1 heteroatoms. The van der Waals surface area contributed by atoms with Gasteiger partial charge in [-0.25, -0.2) is 0 Å². The summed E-state index contributed by atoms with van der Waals surface area (Å²) in [6.45, 7) is 7.64. The van der Waals surface area contributed by atoms with Crippen molar-refractivity contribution in [1.82, 2.24) is 0 Å². The van der Waals surface area contributed by atoms with E-state index in [1.165, 1.54) is 6.42 Å². The molecule has 4 aliphatic rings. The summed E-state index contributed by atoms with van der Waals surface area (Å²) in [4.78, 5) is 0. The first kappa shape index (κ1) is 10.8. The van der Waals surface area contributed by atoms with E-state index in [2.05, 4.69) is 31.8 Å². The summed E-state index contributed by atoms with van der Waals surface area (Å²) in [6.07, 6.45) is 11.5. The standard InChI is InChI=1S/C16H26Si/c1-17(2,3)10-9-16-13-7-8-14(16)15(16)12-6-4-5-11(12)13/h7-8,11-15H,4-6,9-10H2,1-3H3/t11?,12?,13?,14?,15?,16-/m1/s1. The average Bonchev–Trinajstić information content (AvgIpc) is 2.62. The fourth-order valence-electron chi connectivity index (χ4n) is 5.89. The van der Waals surface area contributed by atoms with Crippen molar-refractivity contribution in [3.8, 4) is 0 Å². The van der Waals surface area contributed by atoms with E-state index >= 15 is 0 Å². The molecule has 5 unspecified atom stereocenters. The minimum atomic E-state index is -0.840. The summed E-state index contributed by atoms with van der Waals surface area (Å²) >= 11 is 0. The zero-order chi connectivity index (χ0) is 11.8. The number of fused-ring (bicyclic) bond motifs is 4. The second-order valence-electron chi connectivity index (χ2n) is 8.39. The van der Waals surface area contributed by atoms with Crippen molar-refractivity contribution >= 4 is 8.07 Å². The normalized spacial score (nSPS) is 53.9. The van der Waals surface area contributed by atoms with Gasteiger partial charge >= 0.3 is 0 Å². The molecule has 0 saturated heterocycles. The van der Waals surface area contributed by atoms with Crippen LogP contribution in [-0.2, 0) is 0 Å². The summed E-state index contributed by atoms with van der Waals surface area (Å²) in [6, 6.07) is 1.57. The molecular weight excluding hydrogens is 220 g/mol. The zero-order valence-corrected chi connectivity index (χ0v) is 12.6. The Hall–Kier alpha value is -0.0431. The van der Waals surface area contributed by atoms with Crippen LogP contribution in [0.5, 0.6) is 0 Å². The van der Waals surface area contributed by atoms with Gasteiger partial charge in [-0.05, 0) is 54.3 Å². The Labute approximate surface area is 107 Å². The molecule has 0 bridgehead atoms. The van der Waals surface area contributed by atoms with Gasteiger partial charge in [-0.1, -0.05) is 44.3 Å². The average molecular weight is 246 g/mol. The Morgan fingerprint density at radius 3 is 2.53 bits per heavy atom. The van der Waals surface area contributed by atoms with Crippen LogP contribution in [0.15, 0.2) is 12.2 Å². The molecule has 4 aliphatic carbocycles. The Balaban J connectivity index is 1.57. The number of hydrogen-bond acceptors (Lipinski definition) is 0. The third-order valence-electron chi connectivity index (χ3n) is 6.52. The van der Waals surface area contributed by atoms with Gasteiger partial charge in [0, 0.05) is 8.07 Å². The molecule has 0 amide bonds. The lowest BCUT2D eigenvalue weighted by Crippen LogP contribution is -2.24. The number of rotatable bonds is 3. The molecule has 0 nitrogen and oxygen atoms in total. The first-order chi connectivity index (χ1) is 8.04. The monoisotopic (exact) mass is 246 g/mol. The molecule has 17 heavy (non-hydrogen) atoms. The van der Waals surface area contributed by atoms with Crippen LogP contribution in [0.2, 0.25) is 25.7 Å². The molecule has 3 saturated carbocycles. The lowest BCUT2D eigenvalue weighted by Gasteiger charge is -2.26. The maximum atomic E-state index is 2.64. The fourth-order valence-corrected chi connectivity index (χ4v) is 7.07. The minimum absolute atomic E-state index is 0.816. The minimum Gasteiger partial charge on any atom is -0.0842 e. The molecule has 0 aromatic rings. The van der Waals surface area contributed by atoms with Gasteiger partial charge < -0.3 is 0 Å². The van der Waals surface area contributed by atoms with Crippen molar-refractivity contribution in [1.29, 1.82) is 0 Å². The maximum absolute atomic E-state index is 2.64. The largest absolute Gasteiger partial charge is 0.0842 e.